The van der Waals surface area contributed by atoms with Crippen molar-refractivity contribution in [1.82, 2.24) is 73.6 Å². The molecule has 3 aliphatic heterocycles. The molecule has 3 aliphatic rings. The minimum atomic E-state index is -1.40. The Kier molecular flexibility index (Phi) is 42.5. The van der Waals surface area contributed by atoms with E-state index in [0.717, 1.165) is 0 Å². The molecule has 3 heterocycles. The number of fused-ring (bicyclic) bond motifs is 2. The van der Waals surface area contributed by atoms with Gasteiger partial charge < -0.3 is 107 Å². The summed E-state index contributed by atoms with van der Waals surface area (Å²) in [5.41, 5.74) is 24.7. The summed E-state index contributed by atoms with van der Waals surface area (Å²) in [6.45, 7) is 22.0. The van der Waals surface area contributed by atoms with Crippen LogP contribution in [0.2, 0.25) is 0 Å². The number of unbranched alkanes of at least 4 members (excludes halogenated alkanes) is 4. The molecule has 2 aromatic rings. The topological polar surface area (TPSA) is 534 Å². The third kappa shape index (κ3) is 32.5. The van der Waals surface area contributed by atoms with Crippen molar-refractivity contribution in [1.29, 1.82) is 0 Å². The second-order valence-corrected chi connectivity index (χ2v) is 34.4. The van der Waals surface area contributed by atoms with Crippen LogP contribution in [0.5, 0.6) is 11.5 Å². The second kappa shape index (κ2) is 50.5. The van der Waals surface area contributed by atoms with Crippen LogP contribution in [0, 0.1) is 35.5 Å². The van der Waals surface area contributed by atoms with Crippen LogP contribution in [0.25, 0.3) is 0 Å². The molecule has 119 heavy (non-hydrogen) atoms. The minimum absolute atomic E-state index is 0.0216. The summed E-state index contributed by atoms with van der Waals surface area (Å²) >= 11 is 0. The van der Waals surface area contributed by atoms with E-state index < -0.39 is 185 Å². The van der Waals surface area contributed by atoms with Crippen molar-refractivity contribution in [3.8, 4) is 11.5 Å². The van der Waals surface area contributed by atoms with Crippen LogP contribution < -0.4 is 86.7 Å². The zero-order valence-electron chi connectivity index (χ0n) is 72.1. The first-order chi connectivity index (χ1) is 56.4. The molecular weight excluding hydrogens is 1530 g/mol. The molecule has 0 radical (unpaired) electrons. The summed E-state index contributed by atoms with van der Waals surface area (Å²) in [4.78, 5) is 212. The molecule has 0 aromatic heterocycles. The maximum atomic E-state index is 15.3. The summed E-state index contributed by atoms with van der Waals surface area (Å²) < 4.78 is 0. The molecule has 22 N–H and O–H groups in total. The normalized spacial score (nSPS) is 25.7. The van der Waals surface area contributed by atoms with Gasteiger partial charge in [-0.15, -0.1) is 0 Å². The smallest absolute Gasteiger partial charge is 0.246 e. The third-order valence-electron chi connectivity index (χ3n) is 21.7. The van der Waals surface area contributed by atoms with E-state index in [1.165, 1.54) is 34.1 Å². The highest BCUT2D eigenvalue weighted by atomic mass is 16.3. The van der Waals surface area contributed by atoms with Crippen molar-refractivity contribution < 1.29 is 77.3 Å². The molecule has 14 amide bonds. The van der Waals surface area contributed by atoms with Gasteiger partial charge in [-0.05, 0) is 219 Å². The van der Waals surface area contributed by atoms with Crippen LogP contribution in [0.15, 0.2) is 48.5 Å². The molecule has 14 atom stereocenters. The first-order valence-corrected chi connectivity index (χ1v) is 43.0. The van der Waals surface area contributed by atoms with Gasteiger partial charge in [-0.25, -0.2) is 0 Å². The lowest BCUT2D eigenvalue weighted by Crippen LogP contribution is -2.62. The number of carbonyl (C=O) groups is 14. The molecule has 34 nitrogen and oxygen atoms in total. The van der Waals surface area contributed by atoms with Crippen molar-refractivity contribution in [2.75, 3.05) is 39.3 Å². The molecule has 34 heteroatoms. The number of phenolic OH excluding ortho intramolecular Hbond substituents is 2. The Hall–Kier alpha value is -9.54. The molecule has 666 valence electrons. The van der Waals surface area contributed by atoms with Crippen LogP contribution in [0.1, 0.15) is 216 Å². The van der Waals surface area contributed by atoms with Gasteiger partial charge in [0.25, 0.3) is 0 Å². The Morgan fingerprint density at radius 3 is 0.807 bits per heavy atom. The van der Waals surface area contributed by atoms with Crippen LogP contribution in [0.4, 0.5) is 0 Å². The lowest BCUT2D eigenvalue weighted by molar-refractivity contribution is -0.143. The van der Waals surface area contributed by atoms with E-state index in [2.05, 4.69) is 63.8 Å². The predicted octanol–water partition coefficient (Wildman–Crippen LogP) is 1.32. The zero-order chi connectivity index (χ0) is 88.3. The molecule has 0 spiro atoms. The SMILES string of the molecule is CC(C)C[C@@H]1NC(=O)[C@H](CCCCN)NC(=O)[C@H](C(C)C)NC(=O)[C@@H]2CCCN2C(=O)[C@@H](Cc2ccc(O)cc2)NC(=O)[C@H](CC(C)C)NC(=O)[C@H](CCCCN)NC(=O)[C@H](C(C)C)NC(=O)[C@H](CCCCN)NC(=O)[C@H](CC(C)C)NC(=O)[C@@H]2CCCN2C(=O)[C@@H](Cc2ccc(O)cc2)NC(=O)[C@H](C(C)C)NC(=O)[C@@H](CCCCN)NC1=O. The molecule has 3 fully saturated rings. The number of phenols is 2. The van der Waals surface area contributed by atoms with Crippen LogP contribution in [-0.2, 0) is 80.0 Å². The summed E-state index contributed by atoms with van der Waals surface area (Å²) in [5.74, 6) is -13.4. The number of hydrogen-bond acceptors (Lipinski definition) is 20. The molecule has 3 saturated heterocycles. The molecule has 5 rings (SSSR count). The molecule has 2 aromatic carbocycles. The highest BCUT2D eigenvalue weighted by Crippen LogP contribution is 2.26. The van der Waals surface area contributed by atoms with Crippen molar-refractivity contribution in [2.24, 2.45) is 58.4 Å². The number of nitrogens with zero attached hydrogens (tertiary/aromatic N) is 2. The fourth-order valence-electron chi connectivity index (χ4n) is 15.1. The van der Waals surface area contributed by atoms with Gasteiger partial charge in [-0.1, -0.05) is 107 Å². The van der Waals surface area contributed by atoms with E-state index in [-0.39, 0.29) is 139 Å². The lowest BCUT2D eigenvalue weighted by atomic mass is 9.98. The Bertz CT molecular complexity index is 3660. The van der Waals surface area contributed by atoms with Crippen LogP contribution >= 0.6 is 0 Å². The van der Waals surface area contributed by atoms with Crippen molar-refractivity contribution in [3.05, 3.63) is 59.7 Å². The van der Waals surface area contributed by atoms with Crippen LogP contribution in [-0.4, -0.2) is 227 Å². The Morgan fingerprint density at radius 1 is 0.303 bits per heavy atom. The van der Waals surface area contributed by atoms with E-state index in [0.29, 0.717) is 75.3 Å². The van der Waals surface area contributed by atoms with Crippen molar-refractivity contribution in [2.45, 2.75) is 303 Å². The largest absolute Gasteiger partial charge is 0.508 e. The number of rotatable bonds is 29. The molecule has 0 aliphatic carbocycles. The number of nitrogens with one attached hydrogen (secondary N) is 12. The fourth-order valence-corrected chi connectivity index (χ4v) is 15.1. The van der Waals surface area contributed by atoms with Gasteiger partial charge in [-0.3, -0.25) is 67.1 Å². The van der Waals surface area contributed by atoms with E-state index in [9.17, 15) is 63.0 Å². The first kappa shape index (κ1) is 100. The maximum absolute atomic E-state index is 15.3. The van der Waals surface area contributed by atoms with E-state index in [1.807, 2.05) is 41.5 Å². The van der Waals surface area contributed by atoms with Gasteiger partial charge in [0, 0.05) is 25.9 Å². The minimum Gasteiger partial charge on any atom is -0.508 e. The molecule has 0 bridgehead atoms. The Morgan fingerprint density at radius 2 is 0.529 bits per heavy atom. The second-order valence-electron chi connectivity index (χ2n) is 34.4. The van der Waals surface area contributed by atoms with Gasteiger partial charge in [0.1, 0.15) is 96.1 Å². The molecule has 0 saturated carbocycles. The van der Waals surface area contributed by atoms with Crippen molar-refractivity contribution >= 4 is 82.7 Å². The molecular formula is C85H140N18O16. The fraction of sp³-hybridized carbons (Fsp3) is 0.694. The monoisotopic (exact) mass is 1670 g/mol. The van der Waals surface area contributed by atoms with Crippen LogP contribution in [0.3, 0.4) is 0 Å². The van der Waals surface area contributed by atoms with E-state index >= 15 is 14.4 Å². The number of carbonyl (C=O) groups excluding carboxylic acids is 14. The summed E-state index contributed by atoms with van der Waals surface area (Å²) in [7, 11) is 0. The van der Waals surface area contributed by atoms with Crippen molar-refractivity contribution in [3.63, 3.8) is 0 Å². The maximum Gasteiger partial charge on any atom is 0.246 e. The van der Waals surface area contributed by atoms with Gasteiger partial charge >= 0.3 is 0 Å². The summed E-state index contributed by atoms with van der Waals surface area (Å²) in [6.07, 6.45) is 3.90. The number of nitrogens with two attached hydrogens (primary N) is 4. The number of benzene rings is 2. The lowest BCUT2D eigenvalue weighted by Gasteiger charge is -2.32. The van der Waals surface area contributed by atoms with E-state index in [1.54, 1.807) is 65.8 Å². The Balaban J connectivity index is 1.65. The van der Waals surface area contributed by atoms with Gasteiger partial charge in [0.2, 0.25) is 82.7 Å². The van der Waals surface area contributed by atoms with E-state index in [4.69, 9.17) is 22.9 Å². The number of amides is 14. The predicted molar refractivity (Wildman–Crippen MR) is 451 cm³/mol. The summed E-state index contributed by atoms with van der Waals surface area (Å²) in [5, 5.41) is 54.6. The van der Waals surface area contributed by atoms with Gasteiger partial charge in [0.05, 0.1) is 0 Å². The average molecular weight is 1670 g/mol. The standard InChI is InChI=1S/C85H140N18O16/c1-48(2)43-62-76(110)90-60(25-15-19-39-88)75(109)100-70(52(9)10)83(117)98-66(47-55-31-35-57(105)36-32-55)85(119)102-41-21-27-67(102)79(113)96-64(45-50(5)6)77(111)91-61(26-16-20-40-89)74(108)99-69(51(7)8)81(115)92-58(23-13-17-37-86)73(107)95-63(44-49(3)4)78(112)97-65(46-54-29-33-56(104)34-30-54)84(118)103-42-22-28-68(103)80(114)101-71(53(11)12)82(116)93-59(72(106)94-62)24-14-18-38-87/h29-36,48-53,58-71,104-105H,13-28,37-47,86-89H2,1-12H3,(H,90,110)(H,91,111)(H,92,115)(H,93,116)(H,94,106)(H,95,107)(H,96,113)(H,97,112)(H,98,117)(H,99,108)(H,100,109)(H,101,114)/t58-,59-,60+,61-,62-,63-,64-,65+,66+,67-,68-,69-,70-,71-/m0/s1. The zero-order valence-corrected chi connectivity index (χ0v) is 72.1. The number of hydrogen-bond donors (Lipinski definition) is 18. The Labute approximate surface area is 701 Å². The highest BCUT2D eigenvalue weighted by Gasteiger charge is 2.45. The number of aromatic hydroxyl groups is 2. The van der Waals surface area contributed by atoms with Gasteiger partial charge in [-0.2, -0.15) is 0 Å². The third-order valence-corrected chi connectivity index (χ3v) is 21.7. The average Bonchev–Trinajstić information content (AvgIpc) is 1.74. The highest BCUT2D eigenvalue weighted by molar-refractivity contribution is 6.01. The quantitative estimate of drug-likeness (QED) is 0.0511. The summed E-state index contributed by atoms with van der Waals surface area (Å²) in [6, 6.07) is -6.54. The van der Waals surface area contributed by atoms with Gasteiger partial charge in [0.15, 0.2) is 0 Å². The first-order valence-electron chi connectivity index (χ1n) is 43.0. The molecule has 0 unspecified atom stereocenters.